The molecule has 0 spiro atoms. The van der Waals surface area contributed by atoms with Crippen molar-refractivity contribution in [1.82, 2.24) is 9.21 Å². The summed E-state index contributed by atoms with van der Waals surface area (Å²) in [7, 11) is -4.09. The summed E-state index contributed by atoms with van der Waals surface area (Å²) >= 11 is 0. The molecule has 1 fully saturated rings. The average molecular weight is 405 g/mol. The fraction of sp³-hybridized carbons (Fsp3) is 0.524. The molecule has 2 atom stereocenters. The zero-order chi connectivity index (χ0) is 20.6. The van der Waals surface area contributed by atoms with E-state index < -0.39 is 21.6 Å². The van der Waals surface area contributed by atoms with Gasteiger partial charge in [0.2, 0.25) is 21.6 Å². The molecule has 2 aliphatic rings. The minimum Gasteiger partial charge on any atom is -0.368 e. The SMILES string of the molecule is CCN(CC)C1=C(S(=O)(=O)N2CC(C)CC(C)C2)C(=O)c2ccccc2C1=O. The van der Waals surface area contributed by atoms with Crippen molar-refractivity contribution in [1.29, 1.82) is 0 Å². The summed E-state index contributed by atoms with van der Waals surface area (Å²) in [5.41, 5.74) is 0.452. The third kappa shape index (κ3) is 3.42. The number of carbonyl (C=O) groups is 2. The number of Topliss-reactive ketones (excluding diaryl/α,β-unsaturated/α-hetero) is 2. The molecule has 0 bridgehead atoms. The van der Waals surface area contributed by atoms with E-state index in [1.54, 1.807) is 23.1 Å². The van der Waals surface area contributed by atoms with Gasteiger partial charge in [-0.2, -0.15) is 4.31 Å². The minimum atomic E-state index is -4.09. The van der Waals surface area contributed by atoms with Crippen molar-refractivity contribution in [2.24, 2.45) is 11.8 Å². The zero-order valence-corrected chi connectivity index (χ0v) is 17.8. The van der Waals surface area contributed by atoms with Gasteiger partial charge in [-0.1, -0.05) is 38.1 Å². The lowest BCUT2D eigenvalue weighted by molar-refractivity contribution is 0.0948. The van der Waals surface area contributed by atoms with Gasteiger partial charge >= 0.3 is 0 Å². The number of hydrogen-bond donors (Lipinski definition) is 0. The lowest BCUT2D eigenvalue weighted by Crippen LogP contribution is -2.46. The fourth-order valence-electron chi connectivity index (χ4n) is 4.34. The van der Waals surface area contributed by atoms with E-state index in [2.05, 4.69) is 0 Å². The highest BCUT2D eigenvalue weighted by Gasteiger charge is 2.44. The van der Waals surface area contributed by atoms with Gasteiger partial charge in [0.15, 0.2) is 4.91 Å². The molecule has 1 aromatic carbocycles. The molecule has 0 aromatic heterocycles. The Morgan fingerprint density at radius 3 is 1.96 bits per heavy atom. The first-order valence-electron chi connectivity index (χ1n) is 9.90. The number of fused-ring (bicyclic) bond motifs is 1. The quantitative estimate of drug-likeness (QED) is 0.754. The lowest BCUT2D eigenvalue weighted by Gasteiger charge is -2.36. The first kappa shape index (κ1) is 20.7. The van der Waals surface area contributed by atoms with Crippen molar-refractivity contribution in [3.05, 3.63) is 46.0 Å². The van der Waals surface area contributed by atoms with Crippen LogP contribution in [0.5, 0.6) is 0 Å². The van der Waals surface area contributed by atoms with E-state index in [1.807, 2.05) is 27.7 Å². The van der Waals surface area contributed by atoms with E-state index >= 15 is 0 Å². The summed E-state index contributed by atoms with van der Waals surface area (Å²) in [6, 6.07) is 6.47. The van der Waals surface area contributed by atoms with Crippen molar-refractivity contribution in [3.63, 3.8) is 0 Å². The zero-order valence-electron chi connectivity index (χ0n) is 16.9. The maximum absolute atomic E-state index is 13.6. The molecule has 6 nitrogen and oxygen atoms in total. The van der Waals surface area contributed by atoms with Gasteiger partial charge in [0.25, 0.3) is 0 Å². The highest BCUT2D eigenvalue weighted by molar-refractivity contribution is 7.94. The van der Waals surface area contributed by atoms with E-state index in [4.69, 9.17) is 0 Å². The molecule has 0 N–H and O–H groups in total. The third-order valence-corrected chi connectivity index (χ3v) is 7.44. The van der Waals surface area contributed by atoms with Crippen LogP contribution in [0.3, 0.4) is 0 Å². The number of piperidine rings is 1. The predicted molar refractivity (Wildman–Crippen MR) is 108 cm³/mol. The summed E-state index contributed by atoms with van der Waals surface area (Å²) in [5, 5.41) is 0. The van der Waals surface area contributed by atoms with Gasteiger partial charge in [0, 0.05) is 37.3 Å². The number of hydrogen-bond acceptors (Lipinski definition) is 5. The molecule has 1 aliphatic heterocycles. The Hall–Kier alpha value is -1.99. The van der Waals surface area contributed by atoms with Crippen LogP contribution < -0.4 is 0 Å². The van der Waals surface area contributed by atoms with Crippen molar-refractivity contribution in [3.8, 4) is 0 Å². The van der Waals surface area contributed by atoms with Gasteiger partial charge in [-0.25, -0.2) is 8.42 Å². The first-order chi connectivity index (χ1) is 13.2. The number of benzene rings is 1. The van der Waals surface area contributed by atoms with Crippen LogP contribution in [-0.2, 0) is 10.0 Å². The van der Waals surface area contributed by atoms with Crippen LogP contribution in [0.15, 0.2) is 34.9 Å². The van der Waals surface area contributed by atoms with Crippen molar-refractivity contribution in [2.45, 2.75) is 34.1 Å². The normalized spacial score (nSPS) is 23.7. The maximum atomic E-state index is 13.6. The van der Waals surface area contributed by atoms with E-state index in [0.717, 1.165) is 6.42 Å². The van der Waals surface area contributed by atoms with Gasteiger partial charge < -0.3 is 4.90 Å². The van der Waals surface area contributed by atoms with Crippen molar-refractivity contribution in [2.75, 3.05) is 26.2 Å². The average Bonchev–Trinajstić information content (AvgIpc) is 2.65. The fourth-order valence-corrected chi connectivity index (χ4v) is 6.31. The van der Waals surface area contributed by atoms with E-state index in [0.29, 0.717) is 26.2 Å². The Kier molecular flexibility index (Phi) is 5.77. The summed E-state index contributed by atoms with van der Waals surface area (Å²) in [6.45, 7) is 9.35. The molecule has 1 aliphatic carbocycles. The molecule has 7 heteroatoms. The molecular formula is C21H28N2O4S. The van der Waals surface area contributed by atoms with Crippen LogP contribution in [0, 0.1) is 11.8 Å². The molecule has 28 heavy (non-hydrogen) atoms. The summed E-state index contributed by atoms with van der Waals surface area (Å²) in [6.07, 6.45) is 0.948. The van der Waals surface area contributed by atoms with Crippen LogP contribution in [0.4, 0.5) is 0 Å². The molecule has 1 heterocycles. The van der Waals surface area contributed by atoms with Crippen LogP contribution in [0.1, 0.15) is 54.8 Å². The molecule has 0 radical (unpaired) electrons. The maximum Gasteiger partial charge on any atom is 0.249 e. The van der Waals surface area contributed by atoms with Gasteiger partial charge in [0.1, 0.15) is 5.70 Å². The largest absolute Gasteiger partial charge is 0.368 e. The molecule has 152 valence electrons. The number of nitrogens with zero attached hydrogens (tertiary/aromatic N) is 2. The van der Waals surface area contributed by atoms with Gasteiger partial charge in [0.05, 0.1) is 0 Å². The smallest absolute Gasteiger partial charge is 0.249 e. The summed E-state index contributed by atoms with van der Waals surface area (Å²) in [5.74, 6) is -0.561. The van der Waals surface area contributed by atoms with Crippen LogP contribution in [0.25, 0.3) is 0 Å². The molecule has 0 saturated carbocycles. The van der Waals surface area contributed by atoms with Gasteiger partial charge in [-0.05, 0) is 32.1 Å². The second-order valence-electron chi connectivity index (χ2n) is 7.82. The number of sulfonamides is 1. The number of ketones is 2. The van der Waals surface area contributed by atoms with Crippen LogP contribution in [-0.4, -0.2) is 55.4 Å². The Balaban J connectivity index is 2.22. The highest BCUT2D eigenvalue weighted by Crippen LogP contribution is 2.35. The molecule has 2 unspecified atom stereocenters. The number of carbonyl (C=O) groups excluding carboxylic acids is 2. The van der Waals surface area contributed by atoms with Crippen LogP contribution in [0.2, 0.25) is 0 Å². The first-order valence-corrected chi connectivity index (χ1v) is 11.3. The van der Waals surface area contributed by atoms with E-state index in [9.17, 15) is 18.0 Å². The van der Waals surface area contributed by atoms with Crippen molar-refractivity contribution < 1.29 is 18.0 Å². The highest BCUT2D eigenvalue weighted by atomic mass is 32.2. The number of allylic oxidation sites excluding steroid dienone is 2. The molecule has 3 rings (SSSR count). The summed E-state index contributed by atoms with van der Waals surface area (Å²) in [4.78, 5) is 27.9. The molecule has 1 aromatic rings. The molecular weight excluding hydrogens is 376 g/mol. The summed E-state index contributed by atoms with van der Waals surface area (Å²) < 4.78 is 28.6. The lowest BCUT2D eigenvalue weighted by atomic mass is 9.92. The van der Waals surface area contributed by atoms with Gasteiger partial charge in [-0.3, -0.25) is 9.59 Å². The second kappa shape index (κ2) is 7.79. The van der Waals surface area contributed by atoms with Gasteiger partial charge in [-0.15, -0.1) is 0 Å². The predicted octanol–water partition coefficient (Wildman–Crippen LogP) is 2.93. The molecule has 1 saturated heterocycles. The number of likely N-dealkylation sites (N-methyl/N-ethyl adjacent to an activating group) is 1. The topological polar surface area (TPSA) is 74.8 Å². The second-order valence-corrected chi connectivity index (χ2v) is 9.70. The van der Waals surface area contributed by atoms with E-state index in [1.165, 1.54) is 10.4 Å². The third-order valence-electron chi connectivity index (χ3n) is 5.57. The Morgan fingerprint density at radius 1 is 0.964 bits per heavy atom. The number of rotatable bonds is 5. The minimum absolute atomic E-state index is 0.0135. The van der Waals surface area contributed by atoms with E-state index in [-0.39, 0.29) is 33.6 Å². The van der Waals surface area contributed by atoms with Crippen molar-refractivity contribution >= 4 is 21.6 Å². The Bertz CT molecular complexity index is 921. The van der Waals surface area contributed by atoms with Crippen LogP contribution >= 0.6 is 0 Å². The Labute approximate surface area is 167 Å². The Morgan fingerprint density at radius 2 is 1.46 bits per heavy atom. The standard InChI is InChI=1S/C21H28N2O4S/c1-5-22(6-2)18-19(24)16-9-7-8-10-17(16)20(25)21(18)28(26,27)23-12-14(3)11-15(4)13-23/h7-10,14-15H,5-6,11-13H2,1-4H3. The monoisotopic (exact) mass is 404 g/mol. The molecule has 0 amide bonds.